The number of rotatable bonds is 2. The summed E-state index contributed by atoms with van der Waals surface area (Å²) in [5.41, 5.74) is 2.88. The topological polar surface area (TPSA) is 29.5 Å². The van der Waals surface area contributed by atoms with Crippen molar-refractivity contribution in [3.63, 3.8) is 0 Å². The van der Waals surface area contributed by atoms with Gasteiger partial charge in [-0.15, -0.1) is 0 Å². The summed E-state index contributed by atoms with van der Waals surface area (Å²) in [4.78, 5) is 0. The molecule has 0 aromatic heterocycles. The van der Waals surface area contributed by atoms with Gasteiger partial charge in [-0.2, -0.15) is 0 Å². The zero-order chi connectivity index (χ0) is 11.1. The van der Waals surface area contributed by atoms with E-state index in [1.165, 1.54) is 17.5 Å². The molecule has 2 nitrogen and oxygen atoms in total. The third-order valence-corrected chi connectivity index (χ3v) is 3.12. The van der Waals surface area contributed by atoms with Gasteiger partial charge >= 0.3 is 0 Å². The first-order valence-electron chi connectivity index (χ1n) is 5.45. The lowest BCUT2D eigenvalue weighted by molar-refractivity contribution is 0.0776. The highest BCUT2D eigenvalue weighted by atomic mass is 16.5. The molecule has 0 atom stereocenters. The van der Waals surface area contributed by atoms with Gasteiger partial charge in [0.2, 0.25) is 0 Å². The highest BCUT2D eigenvalue weighted by molar-refractivity contribution is 5.49. The summed E-state index contributed by atoms with van der Waals surface area (Å²) in [7, 11) is 1.71. The number of aliphatic hydroxyl groups is 1. The lowest BCUT2D eigenvalue weighted by atomic mass is 9.91. The highest BCUT2D eigenvalue weighted by Gasteiger charge is 2.26. The van der Waals surface area contributed by atoms with E-state index in [9.17, 15) is 5.11 Å². The summed E-state index contributed by atoms with van der Waals surface area (Å²) in [5, 5.41) is 10.1. The number of fused-ring (bicyclic) bond motifs is 1. The van der Waals surface area contributed by atoms with E-state index in [0.29, 0.717) is 0 Å². The number of methoxy groups -OCH3 is 1. The predicted octanol–water partition coefficient (Wildman–Crippen LogP) is 2.41. The van der Waals surface area contributed by atoms with Gasteiger partial charge < -0.3 is 9.84 Å². The van der Waals surface area contributed by atoms with Gasteiger partial charge in [-0.3, -0.25) is 0 Å². The highest BCUT2D eigenvalue weighted by Crippen LogP contribution is 2.37. The van der Waals surface area contributed by atoms with Crippen molar-refractivity contribution in [3.8, 4) is 5.75 Å². The molecule has 1 aromatic carbocycles. The Bertz CT molecular complexity index is 375. The Hall–Kier alpha value is -1.02. The van der Waals surface area contributed by atoms with E-state index >= 15 is 0 Å². The van der Waals surface area contributed by atoms with Crippen LogP contribution in [-0.4, -0.2) is 12.2 Å². The number of ether oxygens (including phenoxy) is 1. The molecule has 0 bridgehead atoms. The molecule has 0 saturated carbocycles. The van der Waals surface area contributed by atoms with Gasteiger partial charge in [0.1, 0.15) is 5.75 Å². The Balaban J connectivity index is 2.57. The molecule has 1 aliphatic rings. The van der Waals surface area contributed by atoms with Crippen LogP contribution in [0.1, 0.15) is 37.0 Å². The summed E-state index contributed by atoms with van der Waals surface area (Å²) >= 11 is 0. The maximum Gasteiger partial charge on any atom is 0.122 e. The van der Waals surface area contributed by atoms with Gasteiger partial charge in [0.25, 0.3) is 0 Å². The Morgan fingerprint density at radius 1 is 1.20 bits per heavy atom. The smallest absolute Gasteiger partial charge is 0.122 e. The molecule has 0 aliphatic heterocycles. The first-order valence-corrected chi connectivity index (χ1v) is 5.45. The summed E-state index contributed by atoms with van der Waals surface area (Å²) in [5.74, 6) is 0.968. The average molecular weight is 206 g/mol. The third kappa shape index (κ3) is 1.74. The van der Waals surface area contributed by atoms with Gasteiger partial charge in [-0.25, -0.2) is 0 Å². The first-order chi connectivity index (χ1) is 7.04. The molecule has 2 heteroatoms. The van der Waals surface area contributed by atoms with Crippen molar-refractivity contribution < 1.29 is 9.84 Å². The molecule has 0 unspecified atom stereocenters. The Kier molecular flexibility index (Phi) is 2.47. The van der Waals surface area contributed by atoms with Gasteiger partial charge in [-0.1, -0.05) is 6.07 Å². The van der Waals surface area contributed by atoms with Crippen molar-refractivity contribution in [2.24, 2.45) is 0 Å². The molecule has 1 N–H and O–H groups in total. The lowest BCUT2D eigenvalue weighted by Gasteiger charge is -2.22. The molecule has 15 heavy (non-hydrogen) atoms. The Labute approximate surface area is 90.9 Å². The Morgan fingerprint density at radius 2 is 1.87 bits per heavy atom. The van der Waals surface area contributed by atoms with Crippen LogP contribution in [0, 0.1) is 0 Å². The van der Waals surface area contributed by atoms with Crippen LogP contribution in [-0.2, 0) is 18.4 Å². The lowest BCUT2D eigenvalue weighted by Crippen LogP contribution is -2.18. The van der Waals surface area contributed by atoms with E-state index in [0.717, 1.165) is 24.2 Å². The second-order valence-electron chi connectivity index (χ2n) is 4.69. The van der Waals surface area contributed by atoms with Crippen molar-refractivity contribution in [3.05, 3.63) is 28.8 Å². The predicted molar refractivity (Wildman–Crippen MR) is 60.3 cm³/mol. The van der Waals surface area contributed by atoms with Crippen molar-refractivity contribution >= 4 is 0 Å². The molecule has 0 amide bonds. The van der Waals surface area contributed by atoms with Crippen LogP contribution < -0.4 is 4.74 Å². The van der Waals surface area contributed by atoms with E-state index < -0.39 is 5.60 Å². The maximum absolute atomic E-state index is 10.1. The van der Waals surface area contributed by atoms with Crippen LogP contribution in [0.15, 0.2) is 12.1 Å². The molecule has 1 aromatic rings. The second-order valence-corrected chi connectivity index (χ2v) is 4.69. The molecule has 0 fully saturated rings. The van der Waals surface area contributed by atoms with Crippen molar-refractivity contribution in [2.45, 2.75) is 38.7 Å². The Morgan fingerprint density at radius 3 is 2.47 bits per heavy atom. The largest absolute Gasteiger partial charge is 0.496 e. The summed E-state index contributed by atoms with van der Waals surface area (Å²) in [6, 6.07) is 3.96. The molecule has 2 rings (SSSR count). The maximum atomic E-state index is 10.1. The molecule has 1 aliphatic carbocycles. The number of hydrogen-bond acceptors (Lipinski definition) is 2. The second kappa shape index (κ2) is 3.53. The van der Waals surface area contributed by atoms with Gasteiger partial charge in [0.15, 0.2) is 0 Å². The molecule has 82 valence electrons. The average Bonchev–Trinajstić information content (AvgIpc) is 2.62. The van der Waals surface area contributed by atoms with Crippen LogP contribution in [0.5, 0.6) is 5.75 Å². The summed E-state index contributed by atoms with van der Waals surface area (Å²) in [6.07, 6.45) is 3.30. The van der Waals surface area contributed by atoms with Gasteiger partial charge in [-0.05, 0) is 55.9 Å². The quantitative estimate of drug-likeness (QED) is 0.805. The van der Waals surface area contributed by atoms with E-state index in [1.54, 1.807) is 7.11 Å². The van der Waals surface area contributed by atoms with Crippen molar-refractivity contribution in [1.82, 2.24) is 0 Å². The third-order valence-electron chi connectivity index (χ3n) is 3.12. The monoisotopic (exact) mass is 206 g/mol. The van der Waals surface area contributed by atoms with Crippen LogP contribution in [0.2, 0.25) is 0 Å². The molecule has 0 radical (unpaired) electrons. The van der Waals surface area contributed by atoms with Crippen molar-refractivity contribution in [1.29, 1.82) is 0 Å². The molecular weight excluding hydrogens is 188 g/mol. The minimum Gasteiger partial charge on any atom is -0.496 e. The zero-order valence-corrected chi connectivity index (χ0v) is 9.63. The molecular formula is C13H18O2. The fraction of sp³-hybridized carbons (Fsp3) is 0.538. The van der Waals surface area contributed by atoms with Crippen LogP contribution in [0.25, 0.3) is 0 Å². The first kappa shape index (κ1) is 10.5. The number of benzene rings is 1. The molecule has 0 heterocycles. The van der Waals surface area contributed by atoms with Crippen molar-refractivity contribution in [2.75, 3.05) is 7.11 Å². The molecule has 0 spiro atoms. The van der Waals surface area contributed by atoms with Gasteiger partial charge in [0.05, 0.1) is 12.7 Å². The van der Waals surface area contributed by atoms with E-state index in [1.807, 2.05) is 26.0 Å². The normalized spacial score (nSPS) is 15.2. The molecule has 0 saturated heterocycles. The summed E-state index contributed by atoms with van der Waals surface area (Å²) < 4.78 is 5.34. The van der Waals surface area contributed by atoms with Crippen LogP contribution in [0.4, 0.5) is 0 Å². The van der Waals surface area contributed by atoms with Gasteiger partial charge in [0, 0.05) is 0 Å². The van der Waals surface area contributed by atoms with E-state index in [2.05, 4.69) is 0 Å². The number of hydrogen-bond donors (Lipinski definition) is 1. The summed E-state index contributed by atoms with van der Waals surface area (Å²) in [6.45, 7) is 3.68. The van der Waals surface area contributed by atoms with Crippen LogP contribution in [0.3, 0.4) is 0 Å². The standard InChI is InChI=1S/C13H18O2/c1-13(2,14)11-7-8-12(15-3)10-6-4-5-9(10)11/h7-8,14H,4-6H2,1-3H3. The SMILES string of the molecule is COc1ccc(C(C)(C)O)c2c1CCC2. The minimum atomic E-state index is -0.749. The fourth-order valence-electron chi connectivity index (χ4n) is 2.44. The fourth-order valence-corrected chi connectivity index (χ4v) is 2.44. The van der Waals surface area contributed by atoms with Crippen LogP contribution >= 0.6 is 0 Å². The van der Waals surface area contributed by atoms with E-state index in [4.69, 9.17) is 4.74 Å². The zero-order valence-electron chi connectivity index (χ0n) is 9.63. The van der Waals surface area contributed by atoms with E-state index in [-0.39, 0.29) is 0 Å². The minimum absolute atomic E-state index is 0.749.